The Hall–Kier alpha value is -1.44. The van der Waals surface area contributed by atoms with Gasteiger partial charge in [0, 0.05) is 12.8 Å². The Morgan fingerprint density at radius 2 is 2.03 bits per heavy atom. The normalized spacial score (nSPS) is 28.7. The molecule has 4 heterocycles. The third-order valence-electron chi connectivity index (χ3n) is 5.03. The predicted molar refractivity (Wildman–Crippen MR) is 115 cm³/mol. The summed E-state index contributed by atoms with van der Waals surface area (Å²) in [6, 6.07) is 0. The molecule has 0 aromatic carbocycles. The molecule has 2 aromatic rings. The van der Waals surface area contributed by atoms with E-state index in [1.165, 1.54) is 17.2 Å². The van der Waals surface area contributed by atoms with Gasteiger partial charge in [-0.3, -0.25) is 23.2 Å². The van der Waals surface area contributed by atoms with E-state index in [4.69, 9.17) is 18.5 Å². The summed E-state index contributed by atoms with van der Waals surface area (Å²) in [4.78, 5) is 46.7. The van der Waals surface area contributed by atoms with Crippen molar-refractivity contribution in [3.8, 4) is 0 Å². The van der Waals surface area contributed by atoms with Crippen LogP contribution in [0.2, 0.25) is 0 Å². The number of aromatic nitrogens is 4. The molecule has 2 aliphatic heterocycles. The molecule has 13 nitrogen and oxygen atoms in total. The van der Waals surface area contributed by atoms with Crippen LogP contribution < -0.4 is 5.32 Å². The molecular weight excluding hydrogens is 468 g/mol. The Balaban J connectivity index is 0.00000306. The van der Waals surface area contributed by atoms with Crippen molar-refractivity contribution in [1.82, 2.24) is 19.5 Å². The third-order valence-corrected chi connectivity index (χ3v) is 6.02. The first-order valence-corrected chi connectivity index (χ1v) is 11.8. The zero-order valence-electron chi connectivity index (χ0n) is 17.5. The zero-order chi connectivity index (χ0) is 22.9. The molecule has 1 unspecified atom stereocenters. The first-order chi connectivity index (χ1) is 15.3. The molecule has 0 spiro atoms. The molecule has 2 saturated heterocycles. The van der Waals surface area contributed by atoms with E-state index in [2.05, 4.69) is 20.3 Å². The maximum absolute atomic E-state index is 12.3. The van der Waals surface area contributed by atoms with E-state index >= 15 is 0 Å². The number of hydrogen-bond donors (Lipinski definition) is 2. The number of fused-ring (bicyclic) bond motifs is 2. The number of nitrogens with zero attached hydrogens (tertiary/aromatic N) is 4. The summed E-state index contributed by atoms with van der Waals surface area (Å²) >= 11 is 0. The summed E-state index contributed by atoms with van der Waals surface area (Å²) in [5.74, 6) is -0.469. The minimum absolute atomic E-state index is 0. The van der Waals surface area contributed by atoms with Crippen LogP contribution in [0.4, 0.5) is 5.82 Å². The number of phosphoric ester groups is 1. The predicted octanol–water partition coefficient (Wildman–Crippen LogP) is 1.04. The van der Waals surface area contributed by atoms with Crippen LogP contribution in [-0.2, 0) is 32.7 Å². The Morgan fingerprint density at radius 3 is 2.76 bits per heavy atom. The van der Waals surface area contributed by atoms with Crippen molar-refractivity contribution in [3.05, 3.63) is 12.7 Å². The van der Waals surface area contributed by atoms with Gasteiger partial charge in [-0.05, 0) is 12.8 Å². The molecule has 1 amide bonds. The summed E-state index contributed by atoms with van der Waals surface area (Å²) in [5, 5.41) is 2.70. The zero-order valence-corrected chi connectivity index (χ0v) is 18.4. The van der Waals surface area contributed by atoms with Crippen molar-refractivity contribution in [1.29, 1.82) is 0 Å². The number of amides is 1. The average Bonchev–Trinajstić information content (AvgIpc) is 3.30. The SMILES string of the molecule is CCCC(=O)Nc1ncnc2c1ncn2[C@@H]1O[C@@H]2COP(=O)(O)O[C@H]2[C@H]1OC(=O)CCC.[NaH]. The number of hydrogen-bond acceptors (Lipinski definition) is 10. The van der Waals surface area contributed by atoms with Crippen molar-refractivity contribution in [2.45, 2.75) is 64.1 Å². The van der Waals surface area contributed by atoms with Crippen molar-refractivity contribution < 1.29 is 37.6 Å². The van der Waals surface area contributed by atoms with Crippen LogP contribution in [-0.4, -0.2) is 90.8 Å². The summed E-state index contributed by atoms with van der Waals surface area (Å²) in [5.41, 5.74) is 0.638. The van der Waals surface area contributed by atoms with Crippen LogP contribution >= 0.6 is 7.82 Å². The number of ether oxygens (including phenoxy) is 2. The molecule has 0 aliphatic carbocycles. The van der Waals surface area contributed by atoms with Gasteiger partial charge in [-0.25, -0.2) is 19.5 Å². The number of carbonyl (C=O) groups excluding carboxylic acids is 2. The van der Waals surface area contributed by atoms with Gasteiger partial charge in [0.05, 0.1) is 12.9 Å². The molecule has 2 fully saturated rings. The first-order valence-electron chi connectivity index (χ1n) is 10.3. The molecule has 176 valence electrons. The third kappa shape index (κ3) is 5.63. The van der Waals surface area contributed by atoms with Gasteiger partial charge in [0.25, 0.3) is 0 Å². The fourth-order valence-electron chi connectivity index (χ4n) is 3.64. The van der Waals surface area contributed by atoms with E-state index in [-0.39, 0.29) is 54.3 Å². The van der Waals surface area contributed by atoms with E-state index < -0.39 is 38.3 Å². The average molecular weight is 493 g/mol. The monoisotopic (exact) mass is 493 g/mol. The molecule has 4 rings (SSSR count). The summed E-state index contributed by atoms with van der Waals surface area (Å²) < 4.78 is 35.1. The Kier molecular flexibility index (Phi) is 8.62. The van der Waals surface area contributed by atoms with Gasteiger partial charge in [-0.2, -0.15) is 0 Å². The van der Waals surface area contributed by atoms with Crippen LogP contribution in [0.5, 0.6) is 0 Å². The molecular formula is C18H25N5NaO8P. The number of carbonyl (C=O) groups is 2. The van der Waals surface area contributed by atoms with Gasteiger partial charge in [0.15, 0.2) is 29.3 Å². The number of esters is 1. The Morgan fingerprint density at radius 1 is 1.27 bits per heavy atom. The van der Waals surface area contributed by atoms with Crippen LogP contribution in [0, 0.1) is 0 Å². The second kappa shape index (κ2) is 10.9. The van der Waals surface area contributed by atoms with Gasteiger partial charge in [0.2, 0.25) is 5.91 Å². The fourth-order valence-corrected chi connectivity index (χ4v) is 4.60. The van der Waals surface area contributed by atoms with Gasteiger partial charge in [-0.15, -0.1) is 0 Å². The Bertz CT molecular complexity index is 1070. The van der Waals surface area contributed by atoms with E-state index in [1.807, 2.05) is 13.8 Å². The maximum atomic E-state index is 12.3. The number of imidazole rings is 1. The Labute approximate surface area is 211 Å². The number of rotatable bonds is 7. The molecule has 15 heteroatoms. The van der Waals surface area contributed by atoms with Gasteiger partial charge in [-0.1, -0.05) is 13.8 Å². The number of anilines is 1. The van der Waals surface area contributed by atoms with E-state index in [0.29, 0.717) is 30.4 Å². The summed E-state index contributed by atoms with van der Waals surface area (Å²) in [6.07, 6.45) is 0.639. The van der Waals surface area contributed by atoms with Crippen LogP contribution in [0.25, 0.3) is 11.2 Å². The number of phosphoric acid groups is 1. The van der Waals surface area contributed by atoms with Gasteiger partial charge >= 0.3 is 43.3 Å². The fraction of sp³-hybridized carbons (Fsp3) is 0.611. The van der Waals surface area contributed by atoms with Crippen molar-refractivity contribution in [2.75, 3.05) is 11.9 Å². The van der Waals surface area contributed by atoms with Gasteiger partial charge in [0.1, 0.15) is 18.5 Å². The molecule has 33 heavy (non-hydrogen) atoms. The van der Waals surface area contributed by atoms with Crippen molar-refractivity contribution >= 4 is 66.2 Å². The molecule has 2 N–H and O–H groups in total. The first kappa shape index (κ1) is 26.2. The van der Waals surface area contributed by atoms with Crippen LogP contribution in [0.1, 0.15) is 45.8 Å². The second-order valence-electron chi connectivity index (χ2n) is 7.45. The second-order valence-corrected chi connectivity index (χ2v) is 8.85. The van der Waals surface area contributed by atoms with E-state index in [1.54, 1.807) is 0 Å². The molecule has 0 radical (unpaired) electrons. The molecule has 0 saturated carbocycles. The van der Waals surface area contributed by atoms with Gasteiger partial charge < -0.3 is 19.7 Å². The molecule has 2 aromatic heterocycles. The summed E-state index contributed by atoms with van der Waals surface area (Å²) in [6.45, 7) is 3.50. The standard InChI is InChI=1S/C18H24N5O8P.Na.H/c1-3-5-11(24)22-16-13-17(20-8-19-16)23(9-21-13)18-15(30-12(25)6-4-2)14-10(29-18)7-28-32(26,27)31-14;;/h8-10,14-15,18H,3-7H2,1-2H3,(H,26,27)(H,19,20,22,24);;/t10-,14-,15-,18-;;/m1../s1. The van der Waals surface area contributed by atoms with E-state index in [9.17, 15) is 19.0 Å². The van der Waals surface area contributed by atoms with Crippen molar-refractivity contribution in [3.63, 3.8) is 0 Å². The van der Waals surface area contributed by atoms with Crippen LogP contribution in [0.15, 0.2) is 12.7 Å². The topological polar surface area (TPSA) is 164 Å². The quantitative estimate of drug-likeness (QED) is 0.322. The molecule has 0 bridgehead atoms. The molecule has 5 atom stereocenters. The van der Waals surface area contributed by atoms with Crippen LogP contribution in [0.3, 0.4) is 0 Å². The van der Waals surface area contributed by atoms with Crippen molar-refractivity contribution in [2.24, 2.45) is 0 Å². The van der Waals surface area contributed by atoms with E-state index in [0.717, 1.165) is 0 Å². The molecule has 2 aliphatic rings. The number of nitrogens with one attached hydrogen (secondary N) is 1. The summed E-state index contributed by atoms with van der Waals surface area (Å²) in [7, 11) is -4.30. The minimum atomic E-state index is -4.30.